The first-order chi connectivity index (χ1) is 11.2. The Bertz CT molecular complexity index is 989. The van der Waals surface area contributed by atoms with Gasteiger partial charge in [0.1, 0.15) is 0 Å². The molecule has 0 spiro atoms. The van der Waals surface area contributed by atoms with Crippen molar-refractivity contribution in [2.24, 2.45) is 0 Å². The third-order valence-corrected chi connectivity index (χ3v) is 3.87. The first kappa shape index (κ1) is 13.5. The Morgan fingerprint density at radius 3 is 2.52 bits per heavy atom. The molecule has 112 valence electrons. The molecule has 3 heterocycles. The van der Waals surface area contributed by atoms with Crippen molar-refractivity contribution in [3.8, 4) is 22.5 Å². The molecule has 0 aliphatic rings. The second-order valence-corrected chi connectivity index (χ2v) is 5.40. The van der Waals surface area contributed by atoms with E-state index in [4.69, 9.17) is 5.73 Å². The highest BCUT2D eigenvalue weighted by Crippen LogP contribution is 2.32. The van der Waals surface area contributed by atoms with Crippen molar-refractivity contribution in [2.45, 2.75) is 6.92 Å². The monoisotopic (exact) mass is 301 g/mol. The molecule has 0 amide bonds. The van der Waals surface area contributed by atoms with Gasteiger partial charge >= 0.3 is 0 Å². The minimum atomic E-state index is 0.263. The molecule has 5 heteroatoms. The number of rotatable bonds is 2. The van der Waals surface area contributed by atoms with E-state index in [0.29, 0.717) is 0 Å². The number of anilines is 1. The first-order valence-corrected chi connectivity index (χ1v) is 7.35. The zero-order chi connectivity index (χ0) is 15.8. The molecule has 0 bridgehead atoms. The Labute approximate surface area is 133 Å². The summed E-state index contributed by atoms with van der Waals surface area (Å²) in [6.45, 7) is 2.04. The number of nitrogen functional groups attached to an aromatic ring is 1. The largest absolute Gasteiger partial charge is 0.368 e. The zero-order valence-electron chi connectivity index (χ0n) is 12.6. The third kappa shape index (κ3) is 2.32. The van der Waals surface area contributed by atoms with Crippen LogP contribution in [0.25, 0.3) is 33.4 Å². The summed E-state index contributed by atoms with van der Waals surface area (Å²) in [5, 5.41) is 1.13. The lowest BCUT2D eigenvalue weighted by molar-refractivity contribution is 1.18. The van der Waals surface area contributed by atoms with Gasteiger partial charge in [0.05, 0.1) is 11.4 Å². The van der Waals surface area contributed by atoms with Gasteiger partial charge in [0.2, 0.25) is 5.95 Å². The van der Waals surface area contributed by atoms with Crippen LogP contribution in [0.5, 0.6) is 0 Å². The van der Waals surface area contributed by atoms with E-state index in [1.54, 1.807) is 12.4 Å². The number of H-pyrrole nitrogens is 1. The van der Waals surface area contributed by atoms with E-state index < -0.39 is 0 Å². The average molecular weight is 301 g/mol. The van der Waals surface area contributed by atoms with Crippen molar-refractivity contribution in [1.82, 2.24) is 19.9 Å². The molecule has 3 N–H and O–H groups in total. The predicted molar refractivity (Wildman–Crippen MR) is 91.7 cm³/mol. The molecule has 0 saturated carbocycles. The highest BCUT2D eigenvalue weighted by molar-refractivity contribution is 5.97. The van der Waals surface area contributed by atoms with E-state index in [1.165, 1.54) is 0 Å². The van der Waals surface area contributed by atoms with E-state index in [2.05, 4.69) is 32.1 Å². The van der Waals surface area contributed by atoms with Gasteiger partial charge in [-0.15, -0.1) is 0 Å². The van der Waals surface area contributed by atoms with Crippen molar-refractivity contribution < 1.29 is 0 Å². The first-order valence-electron chi connectivity index (χ1n) is 7.35. The van der Waals surface area contributed by atoms with Gasteiger partial charge in [-0.05, 0) is 31.2 Å². The number of hydrogen-bond donors (Lipinski definition) is 2. The number of benzene rings is 1. The maximum absolute atomic E-state index is 5.95. The number of nitrogens with two attached hydrogens (primary N) is 1. The maximum Gasteiger partial charge on any atom is 0.221 e. The SMILES string of the molecule is Cc1[nH]c2ccccc2c1-c1cc(-c2ccncc2)nc(N)n1. The highest BCUT2D eigenvalue weighted by atomic mass is 15.0. The quantitative estimate of drug-likeness (QED) is 0.593. The summed E-state index contributed by atoms with van der Waals surface area (Å²) < 4.78 is 0. The van der Waals surface area contributed by atoms with Gasteiger partial charge < -0.3 is 10.7 Å². The van der Waals surface area contributed by atoms with Crippen molar-refractivity contribution in [1.29, 1.82) is 0 Å². The summed E-state index contributed by atoms with van der Waals surface area (Å²) in [5.41, 5.74) is 11.7. The molecule has 4 rings (SSSR count). The molecule has 0 aliphatic heterocycles. The number of fused-ring (bicyclic) bond motifs is 1. The standard InChI is InChI=1S/C18H15N5/c1-11-17(13-4-2-3-5-14(13)21-11)16-10-15(22-18(19)23-16)12-6-8-20-9-7-12/h2-10,21H,1H3,(H2,19,22,23). The van der Waals surface area contributed by atoms with Crippen molar-refractivity contribution >= 4 is 16.9 Å². The highest BCUT2D eigenvalue weighted by Gasteiger charge is 2.14. The summed E-state index contributed by atoms with van der Waals surface area (Å²) >= 11 is 0. The molecule has 0 unspecified atom stereocenters. The lowest BCUT2D eigenvalue weighted by Crippen LogP contribution is -1.99. The summed E-state index contributed by atoms with van der Waals surface area (Å²) in [7, 11) is 0. The zero-order valence-corrected chi connectivity index (χ0v) is 12.6. The molecule has 3 aromatic heterocycles. The lowest BCUT2D eigenvalue weighted by Gasteiger charge is -2.06. The van der Waals surface area contributed by atoms with E-state index in [1.807, 2.05) is 37.3 Å². The van der Waals surface area contributed by atoms with E-state index in [0.717, 1.165) is 39.1 Å². The van der Waals surface area contributed by atoms with Crippen LogP contribution in [0.2, 0.25) is 0 Å². The Hall–Kier alpha value is -3.21. The Balaban J connectivity index is 1.95. The molecule has 5 nitrogen and oxygen atoms in total. The predicted octanol–water partition coefficient (Wildman–Crippen LogP) is 3.58. The number of aromatic amines is 1. The second kappa shape index (κ2) is 5.21. The number of aryl methyl sites for hydroxylation is 1. The van der Waals surface area contributed by atoms with Crippen molar-refractivity contribution in [2.75, 3.05) is 5.73 Å². The third-order valence-electron chi connectivity index (χ3n) is 3.87. The fourth-order valence-electron chi connectivity index (χ4n) is 2.87. The van der Waals surface area contributed by atoms with E-state index >= 15 is 0 Å². The second-order valence-electron chi connectivity index (χ2n) is 5.40. The molecule has 0 atom stereocenters. The topological polar surface area (TPSA) is 80.5 Å². The van der Waals surface area contributed by atoms with Crippen LogP contribution < -0.4 is 5.73 Å². The minimum absolute atomic E-state index is 0.263. The normalized spacial score (nSPS) is 11.0. The van der Waals surface area contributed by atoms with Crippen LogP contribution >= 0.6 is 0 Å². The van der Waals surface area contributed by atoms with Crippen LogP contribution in [-0.2, 0) is 0 Å². The summed E-state index contributed by atoms with van der Waals surface area (Å²) in [5.74, 6) is 0.263. The summed E-state index contributed by atoms with van der Waals surface area (Å²) in [6.07, 6.45) is 3.48. The number of aromatic nitrogens is 4. The fourth-order valence-corrected chi connectivity index (χ4v) is 2.87. The molecule has 0 fully saturated rings. The number of nitrogens with one attached hydrogen (secondary N) is 1. The average Bonchev–Trinajstić information content (AvgIpc) is 2.91. The van der Waals surface area contributed by atoms with Crippen LogP contribution in [-0.4, -0.2) is 19.9 Å². The number of pyridine rings is 1. The number of para-hydroxylation sites is 1. The molecule has 0 saturated heterocycles. The molecule has 0 aliphatic carbocycles. The van der Waals surface area contributed by atoms with Gasteiger partial charge in [-0.3, -0.25) is 4.98 Å². The van der Waals surface area contributed by atoms with Gasteiger partial charge in [-0.2, -0.15) is 0 Å². The lowest BCUT2D eigenvalue weighted by atomic mass is 10.1. The summed E-state index contributed by atoms with van der Waals surface area (Å²) in [6, 6.07) is 14.0. The van der Waals surface area contributed by atoms with E-state index in [-0.39, 0.29) is 5.95 Å². The minimum Gasteiger partial charge on any atom is -0.368 e. The van der Waals surface area contributed by atoms with Gasteiger partial charge in [0.15, 0.2) is 0 Å². The fraction of sp³-hybridized carbons (Fsp3) is 0.0556. The van der Waals surface area contributed by atoms with Crippen LogP contribution in [0, 0.1) is 6.92 Å². The van der Waals surface area contributed by atoms with Crippen LogP contribution in [0.15, 0.2) is 54.9 Å². The van der Waals surface area contributed by atoms with Crippen molar-refractivity contribution in [3.05, 3.63) is 60.6 Å². The van der Waals surface area contributed by atoms with E-state index in [9.17, 15) is 0 Å². The molecular formula is C18H15N5. The molecular weight excluding hydrogens is 286 g/mol. The number of hydrogen-bond acceptors (Lipinski definition) is 4. The molecule has 0 radical (unpaired) electrons. The molecule has 4 aromatic rings. The molecule has 1 aromatic carbocycles. The van der Waals surface area contributed by atoms with Gasteiger partial charge in [0, 0.05) is 40.1 Å². The van der Waals surface area contributed by atoms with Gasteiger partial charge in [-0.25, -0.2) is 9.97 Å². The Kier molecular flexibility index (Phi) is 3.05. The molecule has 23 heavy (non-hydrogen) atoms. The Morgan fingerprint density at radius 1 is 0.957 bits per heavy atom. The number of nitrogens with zero attached hydrogens (tertiary/aromatic N) is 3. The maximum atomic E-state index is 5.95. The van der Waals surface area contributed by atoms with Crippen LogP contribution in [0.4, 0.5) is 5.95 Å². The van der Waals surface area contributed by atoms with Gasteiger partial charge in [-0.1, -0.05) is 18.2 Å². The summed E-state index contributed by atoms with van der Waals surface area (Å²) in [4.78, 5) is 16.2. The van der Waals surface area contributed by atoms with Crippen molar-refractivity contribution in [3.63, 3.8) is 0 Å². The van der Waals surface area contributed by atoms with Crippen LogP contribution in [0.1, 0.15) is 5.69 Å². The Morgan fingerprint density at radius 2 is 1.70 bits per heavy atom. The van der Waals surface area contributed by atoms with Gasteiger partial charge in [0.25, 0.3) is 0 Å². The smallest absolute Gasteiger partial charge is 0.221 e. The van der Waals surface area contributed by atoms with Crippen LogP contribution in [0.3, 0.4) is 0 Å².